The fourth-order valence-corrected chi connectivity index (χ4v) is 3.23. The standard InChI is InChI=1S/C28H54O8/c1-7-13-21-31-27(11-5,32-22-14-8-2)35-25(29)19-17-18-20-26(30)36-28(12-6,33-23-15-9-3)34-24-16-10-4/h7-24H2,1-6H3. The van der Waals surface area contributed by atoms with Crippen molar-refractivity contribution >= 4 is 11.9 Å². The minimum absolute atomic E-state index is 0.169. The van der Waals surface area contributed by atoms with E-state index in [4.69, 9.17) is 28.4 Å². The van der Waals surface area contributed by atoms with E-state index in [9.17, 15) is 9.59 Å². The Morgan fingerprint density at radius 1 is 0.472 bits per heavy atom. The third-order valence-corrected chi connectivity index (χ3v) is 5.70. The van der Waals surface area contributed by atoms with Crippen LogP contribution in [-0.2, 0) is 38.0 Å². The van der Waals surface area contributed by atoms with Crippen molar-refractivity contribution in [3.8, 4) is 0 Å². The van der Waals surface area contributed by atoms with Crippen molar-refractivity contribution in [3.05, 3.63) is 0 Å². The summed E-state index contributed by atoms with van der Waals surface area (Å²) in [6.07, 6.45) is 9.50. The molecule has 0 unspecified atom stereocenters. The number of unbranched alkanes of at least 4 members (excludes halogenated alkanes) is 5. The molecule has 36 heavy (non-hydrogen) atoms. The maximum absolute atomic E-state index is 12.6. The summed E-state index contributed by atoms with van der Waals surface area (Å²) in [5.74, 6) is -3.47. The quantitative estimate of drug-likeness (QED) is 0.0723. The lowest BCUT2D eigenvalue weighted by atomic mass is 10.2. The van der Waals surface area contributed by atoms with Crippen LogP contribution in [0.15, 0.2) is 0 Å². The number of rotatable bonds is 25. The predicted octanol–water partition coefficient (Wildman–Crippen LogP) is 7.03. The van der Waals surface area contributed by atoms with E-state index in [0.717, 1.165) is 51.4 Å². The van der Waals surface area contributed by atoms with Gasteiger partial charge in [0.25, 0.3) is 0 Å². The molecule has 0 aliphatic carbocycles. The van der Waals surface area contributed by atoms with Crippen molar-refractivity contribution in [2.45, 2.75) is 143 Å². The Bertz CT molecular complexity index is 484. The van der Waals surface area contributed by atoms with Crippen LogP contribution < -0.4 is 0 Å². The largest absolute Gasteiger partial charge is 0.408 e. The molecule has 0 heterocycles. The lowest BCUT2D eigenvalue weighted by Crippen LogP contribution is -2.41. The van der Waals surface area contributed by atoms with Crippen LogP contribution in [0.1, 0.15) is 131 Å². The minimum atomic E-state index is -1.34. The maximum Gasteiger partial charge on any atom is 0.328 e. The number of carbonyl (C=O) groups is 2. The normalized spacial score (nSPS) is 12.1. The van der Waals surface area contributed by atoms with E-state index in [0.29, 0.717) is 52.1 Å². The summed E-state index contributed by atoms with van der Waals surface area (Å²) in [5, 5.41) is 0. The number of hydrogen-bond donors (Lipinski definition) is 0. The summed E-state index contributed by atoms with van der Waals surface area (Å²) in [6.45, 7) is 13.9. The van der Waals surface area contributed by atoms with Crippen molar-refractivity contribution in [1.82, 2.24) is 0 Å². The molecule has 0 aliphatic heterocycles. The predicted molar refractivity (Wildman–Crippen MR) is 140 cm³/mol. The zero-order valence-electron chi connectivity index (χ0n) is 24.0. The summed E-state index contributed by atoms with van der Waals surface area (Å²) in [4.78, 5) is 25.1. The molecule has 214 valence electrons. The number of hydrogen-bond acceptors (Lipinski definition) is 8. The Morgan fingerprint density at radius 2 is 0.750 bits per heavy atom. The lowest BCUT2D eigenvalue weighted by molar-refractivity contribution is -0.365. The highest BCUT2D eigenvalue weighted by Gasteiger charge is 2.36. The second-order valence-corrected chi connectivity index (χ2v) is 9.04. The van der Waals surface area contributed by atoms with E-state index >= 15 is 0 Å². The summed E-state index contributed by atoms with van der Waals surface area (Å²) in [6, 6.07) is 0. The first-order chi connectivity index (χ1) is 17.4. The molecule has 0 bridgehead atoms. The van der Waals surface area contributed by atoms with Gasteiger partial charge in [0.1, 0.15) is 0 Å². The van der Waals surface area contributed by atoms with Crippen molar-refractivity contribution in [1.29, 1.82) is 0 Å². The molecule has 0 aromatic heterocycles. The molecule has 0 radical (unpaired) electrons. The van der Waals surface area contributed by atoms with Gasteiger partial charge in [-0.25, -0.2) is 0 Å². The summed E-state index contributed by atoms with van der Waals surface area (Å²) >= 11 is 0. The third-order valence-electron chi connectivity index (χ3n) is 5.70. The van der Waals surface area contributed by atoms with Gasteiger partial charge in [0.2, 0.25) is 0 Å². The number of carbonyl (C=O) groups excluding carboxylic acids is 2. The van der Waals surface area contributed by atoms with Gasteiger partial charge >= 0.3 is 23.9 Å². The van der Waals surface area contributed by atoms with E-state index in [1.165, 1.54) is 0 Å². The Balaban J connectivity index is 4.73. The zero-order valence-corrected chi connectivity index (χ0v) is 24.0. The molecular weight excluding hydrogens is 464 g/mol. The van der Waals surface area contributed by atoms with Gasteiger partial charge in [0, 0.05) is 25.7 Å². The maximum atomic E-state index is 12.6. The van der Waals surface area contributed by atoms with Crippen LogP contribution in [0.2, 0.25) is 0 Å². The fourth-order valence-electron chi connectivity index (χ4n) is 3.23. The van der Waals surface area contributed by atoms with Gasteiger partial charge in [0.05, 0.1) is 26.4 Å². The summed E-state index contributed by atoms with van der Waals surface area (Å²) in [5.41, 5.74) is 0. The van der Waals surface area contributed by atoms with Gasteiger partial charge in [-0.3, -0.25) is 9.59 Å². The molecule has 8 heteroatoms. The first-order valence-corrected chi connectivity index (χ1v) is 14.4. The average Bonchev–Trinajstić information content (AvgIpc) is 2.87. The molecule has 0 aliphatic rings. The molecule has 0 saturated heterocycles. The monoisotopic (exact) mass is 518 g/mol. The summed E-state index contributed by atoms with van der Waals surface area (Å²) < 4.78 is 34.8. The van der Waals surface area contributed by atoms with Crippen LogP contribution >= 0.6 is 0 Å². The van der Waals surface area contributed by atoms with E-state index in [-0.39, 0.29) is 12.8 Å². The molecule has 0 amide bonds. The average molecular weight is 519 g/mol. The number of ether oxygens (including phenoxy) is 6. The van der Waals surface area contributed by atoms with Gasteiger partial charge < -0.3 is 28.4 Å². The van der Waals surface area contributed by atoms with Gasteiger partial charge in [-0.1, -0.05) is 67.2 Å². The lowest BCUT2D eigenvalue weighted by Gasteiger charge is -2.32. The molecule has 0 rings (SSSR count). The second-order valence-electron chi connectivity index (χ2n) is 9.04. The highest BCUT2D eigenvalue weighted by atomic mass is 16.9. The number of esters is 2. The van der Waals surface area contributed by atoms with Crippen LogP contribution in [0.5, 0.6) is 0 Å². The van der Waals surface area contributed by atoms with Crippen LogP contribution in [-0.4, -0.2) is 50.3 Å². The van der Waals surface area contributed by atoms with Crippen molar-refractivity contribution < 1.29 is 38.0 Å². The Kier molecular flexibility index (Phi) is 21.1. The van der Waals surface area contributed by atoms with Gasteiger partial charge in [-0.05, 0) is 38.5 Å². The van der Waals surface area contributed by atoms with Crippen LogP contribution in [0.3, 0.4) is 0 Å². The Labute approximate surface area is 220 Å². The molecular formula is C28H54O8. The van der Waals surface area contributed by atoms with E-state index in [1.54, 1.807) is 0 Å². The molecule has 8 nitrogen and oxygen atoms in total. The molecule has 0 atom stereocenters. The van der Waals surface area contributed by atoms with E-state index in [1.807, 2.05) is 13.8 Å². The topological polar surface area (TPSA) is 89.5 Å². The van der Waals surface area contributed by atoms with E-state index < -0.39 is 23.9 Å². The smallest absolute Gasteiger partial charge is 0.328 e. The molecule has 0 aromatic rings. The SMILES string of the molecule is CCCCOC(CC)(OCCCC)OC(=O)CCCCC(=O)OC(CC)(OCCCC)OCCCC. The summed E-state index contributed by atoms with van der Waals surface area (Å²) in [7, 11) is 0. The van der Waals surface area contributed by atoms with Crippen molar-refractivity contribution in [3.63, 3.8) is 0 Å². The van der Waals surface area contributed by atoms with Crippen molar-refractivity contribution in [2.75, 3.05) is 26.4 Å². The highest BCUT2D eigenvalue weighted by Crippen LogP contribution is 2.24. The molecule has 0 N–H and O–H groups in total. The van der Waals surface area contributed by atoms with Crippen LogP contribution in [0, 0.1) is 0 Å². The van der Waals surface area contributed by atoms with E-state index in [2.05, 4.69) is 27.7 Å². The molecule has 0 saturated carbocycles. The Morgan fingerprint density at radius 3 is 0.972 bits per heavy atom. The second kappa shape index (κ2) is 21.8. The Hall–Kier alpha value is -1.22. The van der Waals surface area contributed by atoms with Gasteiger partial charge in [-0.15, -0.1) is 0 Å². The molecule has 0 aromatic carbocycles. The molecule has 0 spiro atoms. The fraction of sp³-hybridized carbons (Fsp3) is 0.929. The zero-order chi connectivity index (χ0) is 27.1. The highest BCUT2D eigenvalue weighted by molar-refractivity contribution is 5.71. The van der Waals surface area contributed by atoms with Crippen LogP contribution in [0.25, 0.3) is 0 Å². The van der Waals surface area contributed by atoms with Gasteiger partial charge in [0.15, 0.2) is 0 Å². The van der Waals surface area contributed by atoms with Crippen molar-refractivity contribution in [2.24, 2.45) is 0 Å². The minimum Gasteiger partial charge on any atom is -0.408 e. The first-order valence-electron chi connectivity index (χ1n) is 14.4. The molecule has 0 fully saturated rings. The van der Waals surface area contributed by atoms with Gasteiger partial charge in [-0.2, -0.15) is 0 Å². The van der Waals surface area contributed by atoms with Crippen LogP contribution in [0.4, 0.5) is 0 Å². The third kappa shape index (κ3) is 15.8. The first kappa shape index (κ1) is 34.8.